The summed E-state index contributed by atoms with van der Waals surface area (Å²) in [6, 6.07) is 11.3. The fraction of sp³-hybridized carbons (Fsp3) is 0.188. The molecule has 0 saturated carbocycles. The first-order chi connectivity index (χ1) is 9.56. The van der Waals surface area contributed by atoms with Crippen LogP contribution in [0.1, 0.15) is 22.3 Å². The first kappa shape index (κ1) is 14.7. The lowest BCUT2D eigenvalue weighted by Gasteiger charge is -2.08. The third-order valence-electron chi connectivity index (χ3n) is 2.84. The molecule has 0 N–H and O–H groups in total. The van der Waals surface area contributed by atoms with E-state index in [4.69, 9.17) is 4.74 Å². The topological polar surface area (TPSA) is 26.3 Å². The van der Waals surface area contributed by atoms with Crippen molar-refractivity contribution in [3.63, 3.8) is 0 Å². The smallest absolute Gasteiger partial charge is 0.166 e. The number of ether oxygens (including phenoxy) is 1. The zero-order valence-electron chi connectivity index (χ0n) is 11.0. The van der Waals surface area contributed by atoms with Crippen LogP contribution in [0.15, 0.2) is 46.9 Å². The molecule has 0 aliphatic rings. The van der Waals surface area contributed by atoms with Crippen LogP contribution in [0.5, 0.6) is 5.75 Å². The van der Waals surface area contributed by atoms with Gasteiger partial charge in [-0.05, 0) is 64.8 Å². The van der Waals surface area contributed by atoms with Gasteiger partial charge in [0.2, 0.25) is 0 Å². The number of rotatable bonds is 5. The van der Waals surface area contributed by atoms with E-state index in [1.807, 2.05) is 25.1 Å². The number of carbonyl (C=O) groups is 1. The van der Waals surface area contributed by atoms with Gasteiger partial charge < -0.3 is 4.74 Å². The molecule has 0 unspecified atom stereocenters. The van der Waals surface area contributed by atoms with Gasteiger partial charge in [-0.25, -0.2) is 4.39 Å². The van der Waals surface area contributed by atoms with Crippen LogP contribution in [0.4, 0.5) is 4.39 Å². The summed E-state index contributed by atoms with van der Waals surface area (Å²) < 4.78 is 19.2. The number of hydrogen-bond acceptors (Lipinski definition) is 2. The third kappa shape index (κ3) is 3.90. The molecule has 0 aromatic heterocycles. The number of carbonyl (C=O) groups excluding carboxylic acids is 1. The molecule has 0 aliphatic heterocycles. The van der Waals surface area contributed by atoms with Crippen molar-refractivity contribution in [1.82, 2.24) is 0 Å². The molecule has 0 spiro atoms. The van der Waals surface area contributed by atoms with E-state index in [1.165, 1.54) is 24.3 Å². The van der Waals surface area contributed by atoms with Crippen LogP contribution < -0.4 is 4.74 Å². The molecule has 2 rings (SSSR count). The molecule has 104 valence electrons. The summed E-state index contributed by atoms with van der Waals surface area (Å²) in [6.07, 6.45) is 0.256. The molecule has 2 aromatic carbocycles. The fourth-order valence-corrected chi connectivity index (χ4v) is 2.36. The van der Waals surface area contributed by atoms with Gasteiger partial charge in [0, 0.05) is 12.0 Å². The Labute approximate surface area is 125 Å². The molecule has 0 saturated heterocycles. The summed E-state index contributed by atoms with van der Waals surface area (Å²) in [6.45, 7) is 2.28. The Hall–Kier alpha value is -1.68. The highest BCUT2D eigenvalue weighted by Gasteiger charge is 2.07. The van der Waals surface area contributed by atoms with Crippen molar-refractivity contribution in [2.75, 3.05) is 6.61 Å². The Morgan fingerprint density at radius 2 is 1.90 bits per heavy atom. The van der Waals surface area contributed by atoms with Gasteiger partial charge in [0.05, 0.1) is 11.1 Å². The number of aryl methyl sites for hydroxylation is 1. The summed E-state index contributed by atoms with van der Waals surface area (Å²) in [5, 5.41) is 0. The van der Waals surface area contributed by atoms with Crippen LogP contribution in [0.3, 0.4) is 0 Å². The molecule has 0 aliphatic carbocycles. The standard InChI is InChI=1S/C16H14BrFO2/c1-11-2-7-16(14(17)10-11)20-9-8-15(19)12-3-5-13(18)6-4-12/h2-7,10H,8-9H2,1H3. The predicted molar refractivity (Wildman–Crippen MR) is 79.7 cm³/mol. The van der Waals surface area contributed by atoms with Crippen molar-refractivity contribution in [2.45, 2.75) is 13.3 Å². The molecule has 4 heteroatoms. The maximum Gasteiger partial charge on any atom is 0.166 e. The van der Waals surface area contributed by atoms with Crippen molar-refractivity contribution < 1.29 is 13.9 Å². The fourth-order valence-electron chi connectivity index (χ4n) is 1.76. The van der Waals surface area contributed by atoms with Crippen LogP contribution in [-0.4, -0.2) is 12.4 Å². The summed E-state index contributed by atoms with van der Waals surface area (Å²) >= 11 is 3.42. The largest absolute Gasteiger partial charge is 0.492 e. The van der Waals surface area contributed by atoms with Crippen LogP contribution in [0, 0.1) is 12.7 Å². The second kappa shape index (κ2) is 6.66. The van der Waals surface area contributed by atoms with Crippen molar-refractivity contribution in [3.05, 3.63) is 63.9 Å². The maximum atomic E-state index is 12.8. The van der Waals surface area contributed by atoms with E-state index in [0.717, 1.165) is 10.0 Å². The highest BCUT2D eigenvalue weighted by Crippen LogP contribution is 2.25. The Bertz CT molecular complexity index is 608. The normalized spacial score (nSPS) is 10.3. The Balaban J connectivity index is 1.89. The Kier molecular flexibility index (Phi) is 4.90. The lowest BCUT2D eigenvalue weighted by molar-refractivity contribution is 0.0962. The van der Waals surface area contributed by atoms with Crippen LogP contribution in [0.2, 0.25) is 0 Å². The average Bonchev–Trinajstić information content (AvgIpc) is 2.42. The van der Waals surface area contributed by atoms with Gasteiger partial charge in [-0.3, -0.25) is 4.79 Å². The minimum absolute atomic E-state index is 0.0618. The molecule has 0 bridgehead atoms. The zero-order chi connectivity index (χ0) is 14.5. The third-order valence-corrected chi connectivity index (χ3v) is 3.46. The maximum absolute atomic E-state index is 12.8. The molecule has 0 radical (unpaired) electrons. The van der Waals surface area contributed by atoms with E-state index in [0.29, 0.717) is 11.3 Å². The molecular weight excluding hydrogens is 323 g/mol. The van der Waals surface area contributed by atoms with Crippen LogP contribution in [0.25, 0.3) is 0 Å². The minimum Gasteiger partial charge on any atom is -0.492 e. The van der Waals surface area contributed by atoms with E-state index < -0.39 is 0 Å². The Morgan fingerprint density at radius 3 is 2.55 bits per heavy atom. The molecule has 0 atom stereocenters. The Morgan fingerprint density at radius 1 is 1.20 bits per heavy atom. The van der Waals surface area contributed by atoms with Crippen LogP contribution >= 0.6 is 15.9 Å². The number of Topliss-reactive ketones (excluding diaryl/α,β-unsaturated/α-hetero) is 1. The van der Waals surface area contributed by atoms with E-state index in [9.17, 15) is 9.18 Å². The van der Waals surface area contributed by atoms with Gasteiger partial charge >= 0.3 is 0 Å². The minimum atomic E-state index is -0.346. The van der Waals surface area contributed by atoms with E-state index in [2.05, 4.69) is 15.9 Å². The highest BCUT2D eigenvalue weighted by atomic mass is 79.9. The van der Waals surface area contributed by atoms with E-state index in [1.54, 1.807) is 0 Å². The molecule has 0 fully saturated rings. The lowest BCUT2D eigenvalue weighted by atomic mass is 10.1. The summed E-state index contributed by atoms with van der Waals surface area (Å²) in [4.78, 5) is 11.9. The predicted octanol–water partition coefficient (Wildman–Crippen LogP) is 4.55. The van der Waals surface area contributed by atoms with Crippen molar-refractivity contribution >= 4 is 21.7 Å². The molecule has 0 heterocycles. The zero-order valence-corrected chi connectivity index (χ0v) is 12.6. The van der Waals surface area contributed by atoms with Gasteiger partial charge in [-0.1, -0.05) is 6.07 Å². The van der Waals surface area contributed by atoms with E-state index in [-0.39, 0.29) is 24.6 Å². The molecule has 2 nitrogen and oxygen atoms in total. The van der Waals surface area contributed by atoms with Gasteiger partial charge in [-0.2, -0.15) is 0 Å². The summed E-state index contributed by atoms with van der Waals surface area (Å²) in [5.41, 5.74) is 1.63. The number of halogens is 2. The molecule has 0 amide bonds. The number of hydrogen-bond donors (Lipinski definition) is 0. The quantitative estimate of drug-likeness (QED) is 0.749. The summed E-state index contributed by atoms with van der Waals surface area (Å²) in [7, 11) is 0. The van der Waals surface area contributed by atoms with Gasteiger partial charge in [0.25, 0.3) is 0 Å². The SMILES string of the molecule is Cc1ccc(OCCC(=O)c2ccc(F)cc2)c(Br)c1. The number of benzene rings is 2. The monoisotopic (exact) mass is 336 g/mol. The molecule has 2 aromatic rings. The van der Waals surface area contributed by atoms with Crippen LogP contribution in [-0.2, 0) is 0 Å². The summed E-state index contributed by atoms with van der Waals surface area (Å²) in [5.74, 6) is 0.303. The highest BCUT2D eigenvalue weighted by molar-refractivity contribution is 9.10. The lowest BCUT2D eigenvalue weighted by Crippen LogP contribution is -2.07. The van der Waals surface area contributed by atoms with Crippen molar-refractivity contribution in [3.8, 4) is 5.75 Å². The van der Waals surface area contributed by atoms with Gasteiger partial charge in [0.1, 0.15) is 11.6 Å². The van der Waals surface area contributed by atoms with Crippen molar-refractivity contribution in [2.24, 2.45) is 0 Å². The molecule has 20 heavy (non-hydrogen) atoms. The average molecular weight is 337 g/mol. The number of ketones is 1. The van der Waals surface area contributed by atoms with Crippen molar-refractivity contribution in [1.29, 1.82) is 0 Å². The second-order valence-electron chi connectivity index (χ2n) is 4.46. The second-order valence-corrected chi connectivity index (χ2v) is 5.32. The first-order valence-electron chi connectivity index (χ1n) is 6.24. The van der Waals surface area contributed by atoms with Gasteiger partial charge in [0.15, 0.2) is 5.78 Å². The van der Waals surface area contributed by atoms with Gasteiger partial charge in [-0.15, -0.1) is 0 Å². The van der Waals surface area contributed by atoms with E-state index >= 15 is 0 Å². The molecular formula is C16H14BrFO2. The first-order valence-corrected chi connectivity index (χ1v) is 7.03.